The Hall–Kier alpha value is -0.870. The number of likely N-dealkylation sites (N-methyl/N-ethyl adjacent to an activating group) is 1. The summed E-state index contributed by atoms with van der Waals surface area (Å²) >= 11 is 3.44. The van der Waals surface area contributed by atoms with Crippen LogP contribution in [-0.2, 0) is 10.2 Å². The lowest BCUT2D eigenvalue weighted by Gasteiger charge is -2.25. The first-order valence-corrected chi connectivity index (χ1v) is 7.00. The zero-order valence-electron chi connectivity index (χ0n) is 10.8. The molecule has 1 atom stereocenters. The van der Waals surface area contributed by atoms with Gasteiger partial charge in [-0.25, -0.2) is 0 Å². The maximum Gasteiger partial charge on any atom is 0.238 e. The molecule has 1 aliphatic carbocycles. The third-order valence-corrected chi connectivity index (χ3v) is 4.14. The fourth-order valence-corrected chi connectivity index (χ4v) is 2.64. The molecule has 0 radical (unpaired) electrons. The fourth-order valence-electron chi connectivity index (χ4n) is 2.37. The molecule has 1 aromatic carbocycles. The Bertz CT molecular complexity index is 438. The zero-order chi connectivity index (χ0) is 13.3. The number of benzene rings is 1. The molecule has 0 aliphatic heterocycles. The van der Waals surface area contributed by atoms with E-state index in [1.807, 2.05) is 7.05 Å². The largest absolute Gasteiger partial charge is 0.344 e. The van der Waals surface area contributed by atoms with Crippen molar-refractivity contribution in [3.63, 3.8) is 0 Å². The van der Waals surface area contributed by atoms with E-state index in [0.29, 0.717) is 0 Å². The molecular weight excluding hydrogens is 292 g/mol. The van der Waals surface area contributed by atoms with Crippen molar-refractivity contribution in [3.8, 4) is 0 Å². The van der Waals surface area contributed by atoms with Gasteiger partial charge in [-0.15, -0.1) is 0 Å². The maximum atomic E-state index is 11.8. The highest BCUT2D eigenvalue weighted by Gasteiger charge is 2.45. The van der Waals surface area contributed by atoms with E-state index in [4.69, 9.17) is 5.73 Å². The second-order valence-electron chi connectivity index (χ2n) is 5.27. The summed E-state index contributed by atoms with van der Waals surface area (Å²) in [7, 11) is 1.84. The lowest BCUT2D eigenvalue weighted by molar-refractivity contribution is -0.131. The van der Waals surface area contributed by atoms with Crippen LogP contribution < -0.4 is 5.73 Å². The Morgan fingerprint density at radius 1 is 1.44 bits per heavy atom. The topological polar surface area (TPSA) is 46.3 Å². The molecule has 2 rings (SSSR count). The molecule has 3 nitrogen and oxygen atoms in total. The number of hydrogen-bond donors (Lipinski definition) is 1. The van der Waals surface area contributed by atoms with Gasteiger partial charge in [-0.1, -0.05) is 28.1 Å². The molecule has 2 N–H and O–H groups in total. The molecule has 1 saturated carbocycles. The van der Waals surface area contributed by atoms with E-state index in [1.54, 1.807) is 11.8 Å². The quantitative estimate of drug-likeness (QED) is 0.927. The van der Waals surface area contributed by atoms with Crippen molar-refractivity contribution in [1.82, 2.24) is 4.90 Å². The summed E-state index contributed by atoms with van der Waals surface area (Å²) in [4.78, 5) is 13.6. The molecule has 1 aromatic rings. The van der Waals surface area contributed by atoms with Gasteiger partial charge in [-0.2, -0.15) is 0 Å². The molecule has 0 bridgehead atoms. The van der Waals surface area contributed by atoms with Crippen LogP contribution >= 0.6 is 15.9 Å². The van der Waals surface area contributed by atoms with Gasteiger partial charge in [-0.05, 0) is 37.5 Å². The van der Waals surface area contributed by atoms with Crippen LogP contribution in [0.3, 0.4) is 0 Å². The summed E-state index contributed by atoms with van der Waals surface area (Å²) < 4.78 is 1.09. The van der Waals surface area contributed by atoms with E-state index in [-0.39, 0.29) is 11.3 Å². The van der Waals surface area contributed by atoms with Gasteiger partial charge in [0.15, 0.2) is 0 Å². The van der Waals surface area contributed by atoms with Crippen molar-refractivity contribution in [1.29, 1.82) is 0 Å². The van der Waals surface area contributed by atoms with Gasteiger partial charge in [0.1, 0.15) is 0 Å². The fraction of sp³-hybridized carbons (Fsp3) is 0.500. The number of nitrogens with zero attached hydrogens (tertiary/aromatic N) is 1. The minimum Gasteiger partial charge on any atom is -0.344 e. The third kappa shape index (κ3) is 2.75. The van der Waals surface area contributed by atoms with Crippen LogP contribution in [0.4, 0.5) is 0 Å². The summed E-state index contributed by atoms with van der Waals surface area (Å²) in [5.41, 5.74) is 7.10. The number of halogens is 1. The van der Waals surface area contributed by atoms with Gasteiger partial charge in [0.2, 0.25) is 5.91 Å². The molecular formula is C14H19BrN2O. The smallest absolute Gasteiger partial charge is 0.238 e. The van der Waals surface area contributed by atoms with Crippen molar-refractivity contribution in [2.24, 2.45) is 5.73 Å². The van der Waals surface area contributed by atoms with Crippen LogP contribution in [-0.4, -0.2) is 30.4 Å². The SMILES string of the molecule is C[C@H](N)C(=O)N(C)CC1(c2ccc(Br)cc2)CC1. The summed E-state index contributed by atoms with van der Waals surface area (Å²) in [6.07, 6.45) is 2.29. The van der Waals surface area contributed by atoms with Gasteiger partial charge in [0.25, 0.3) is 0 Å². The van der Waals surface area contributed by atoms with Crippen molar-refractivity contribution in [3.05, 3.63) is 34.3 Å². The highest BCUT2D eigenvalue weighted by molar-refractivity contribution is 9.10. The Kier molecular flexibility index (Phi) is 3.78. The molecule has 1 fully saturated rings. The van der Waals surface area contributed by atoms with E-state index in [0.717, 1.165) is 23.9 Å². The Labute approximate surface area is 116 Å². The zero-order valence-corrected chi connectivity index (χ0v) is 12.4. The van der Waals surface area contributed by atoms with Crippen LogP contribution in [0.15, 0.2) is 28.7 Å². The maximum absolute atomic E-state index is 11.8. The molecule has 1 aliphatic rings. The minimum absolute atomic E-state index is 0.0124. The van der Waals surface area contributed by atoms with E-state index in [9.17, 15) is 4.79 Å². The number of nitrogens with two attached hydrogens (primary N) is 1. The van der Waals surface area contributed by atoms with E-state index in [2.05, 4.69) is 40.2 Å². The predicted octanol–water partition coefficient (Wildman–Crippen LogP) is 2.29. The van der Waals surface area contributed by atoms with Crippen molar-refractivity contribution < 1.29 is 4.79 Å². The van der Waals surface area contributed by atoms with Crippen molar-refractivity contribution in [2.45, 2.75) is 31.2 Å². The molecule has 0 spiro atoms. The normalized spacial score (nSPS) is 18.2. The second kappa shape index (κ2) is 5.02. The number of hydrogen-bond acceptors (Lipinski definition) is 2. The van der Waals surface area contributed by atoms with E-state index < -0.39 is 6.04 Å². The van der Waals surface area contributed by atoms with Crippen LogP contribution in [0.2, 0.25) is 0 Å². The Morgan fingerprint density at radius 3 is 2.44 bits per heavy atom. The van der Waals surface area contributed by atoms with Crippen molar-refractivity contribution >= 4 is 21.8 Å². The first-order chi connectivity index (χ1) is 8.44. The molecule has 0 saturated heterocycles. The molecule has 98 valence electrons. The third-order valence-electron chi connectivity index (χ3n) is 3.62. The second-order valence-corrected chi connectivity index (χ2v) is 6.19. The van der Waals surface area contributed by atoms with E-state index in [1.165, 1.54) is 5.56 Å². The van der Waals surface area contributed by atoms with Gasteiger partial charge in [-0.3, -0.25) is 4.79 Å². The highest BCUT2D eigenvalue weighted by Crippen LogP contribution is 2.48. The molecule has 0 aromatic heterocycles. The molecule has 0 heterocycles. The lowest BCUT2D eigenvalue weighted by Crippen LogP contribution is -2.43. The molecule has 1 amide bonds. The minimum atomic E-state index is -0.421. The first-order valence-electron chi connectivity index (χ1n) is 6.21. The summed E-state index contributed by atoms with van der Waals surface area (Å²) in [5.74, 6) is 0.0124. The number of carbonyl (C=O) groups is 1. The lowest BCUT2D eigenvalue weighted by atomic mass is 9.95. The average molecular weight is 311 g/mol. The van der Waals surface area contributed by atoms with Gasteiger partial charge in [0.05, 0.1) is 6.04 Å². The highest BCUT2D eigenvalue weighted by atomic mass is 79.9. The number of carbonyl (C=O) groups excluding carboxylic acids is 1. The van der Waals surface area contributed by atoms with Gasteiger partial charge < -0.3 is 10.6 Å². The predicted molar refractivity (Wildman–Crippen MR) is 76.3 cm³/mol. The van der Waals surface area contributed by atoms with Crippen LogP contribution in [0, 0.1) is 0 Å². The Morgan fingerprint density at radius 2 is 2.00 bits per heavy atom. The number of rotatable bonds is 4. The summed E-state index contributed by atoms with van der Waals surface area (Å²) in [6.45, 7) is 2.49. The average Bonchev–Trinajstić information content (AvgIpc) is 3.09. The monoisotopic (exact) mass is 310 g/mol. The molecule has 4 heteroatoms. The molecule has 18 heavy (non-hydrogen) atoms. The summed E-state index contributed by atoms with van der Waals surface area (Å²) in [6, 6.07) is 7.98. The van der Waals surface area contributed by atoms with Crippen LogP contribution in [0.5, 0.6) is 0 Å². The van der Waals surface area contributed by atoms with Gasteiger partial charge in [0, 0.05) is 23.5 Å². The van der Waals surface area contributed by atoms with Crippen molar-refractivity contribution in [2.75, 3.05) is 13.6 Å². The summed E-state index contributed by atoms with van der Waals surface area (Å²) in [5, 5.41) is 0. The van der Waals surface area contributed by atoms with Gasteiger partial charge >= 0.3 is 0 Å². The van der Waals surface area contributed by atoms with E-state index >= 15 is 0 Å². The Balaban J connectivity index is 2.09. The first kappa shape index (κ1) is 13.6. The van der Waals surface area contributed by atoms with Crippen LogP contribution in [0.1, 0.15) is 25.3 Å². The molecule has 0 unspecified atom stereocenters. The number of amides is 1. The van der Waals surface area contributed by atoms with Crippen LogP contribution in [0.25, 0.3) is 0 Å². The standard InChI is InChI=1S/C14H19BrN2O/c1-10(16)13(18)17(2)9-14(7-8-14)11-3-5-12(15)6-4-11/h3-6,10H,7-9,16H2,1-2H3/t10-/m0/s1.